The van der Waals surface area contributed by atoms with Crippen LogP contribution in [0.25, 0.3) is 0 Å². The Kier molecular flexibility index (Phi) is 2.17. The Hall–Kier alpha value is -1.13. The highest BCUT2D eigenvalue weighted by atomic mass is 16.6. The van der Waals surface area contributed by atoms with E-state index in [9.17, 15) is 14.9 Å². The maximum atomic E-state index is 11.1. The molecule has 14 heavy (non-hydrogen) atoms. The summed E-state index contributed by atoms with van der Waals surface area (Å²) in [5.41, 5.74) is -0.765. The Labute approximate surface area is 81.6 Å². The van der Waals surface area contributed by atoms with Crippen LogP contribution < -0.4 is 0 Å². The summed E-state index contributed by atoms with van der Waals surface area (Å²) in [5.74, 6) is -0.409. The van der Waals surface area contributed by atoms with Crippen LogP contribution in [0.3, 0.4) is 0 Å². The molecule has 1 saturated heterocycles. The fourth-order valence-electron chi connectivity index (χ4n) is 2.53. The lowest BCUT2D eigenvalue weighted by molar-refractivity contribution is -0.538. The van der Waals surface area contributed by atoms with Crippen LogP contribution in [0, 0.1) is 10.1 Å². The average Bonchev–Trinajstić information content (AvgIpc) is 2.44. The van der Waals surface area contributed by atoms with Crippen molar-refractivity contribution in [1.82, 2.24) is 0 Å². The fourth-order valence-corrected chi connectivity index (χ4v) is 2.53. The summed E-state index contributed by atoms with van der Waals surface area (Å²) < 4.78 is 5.18. The van der Waals surface area contributed by atoms with Crippen LogP contribution in [-0.4, -0.2) is 22.5 Å². The average molecular weight is 199 g/mol. The van der Waals surface area contributed by atoms with Gasteiger partial charge in [0.15, 0.2) is 5.60 Å². The van der Waals surface area contributed by atoms with Crippen LogP contribution in [0.5, 0.6) is 0 Å². The molecule has 0 aromatic heterocycles. The first-order valence-electron chi connectivity index (χ1n) is 4.99. The van der Waals surface area contributed by atoms with Crippen molar-refractivity contribution in [2.75, 3.05) is 0 Å². The summed E-state index contributed by atoms with van der Waals surface area (Å²) in [5, 5.41) is 10.8. The van der Waals surface area contributed by atoms with Gasteiger partial charge in [0, 0.05) is 4.92 Å². The predicted molar refractivity (Wildman–Crippen MR) is 47.3 cm³/mol. The smallest absolute Gasteiger partial charge is 0.313 e. The number of ether oxygens (including phenoxy) is 1. The van der Waals surface area contributed by atoms with Crippen molar-refractivity contribution in [3.63, 3.8) is 0 Å². The van der Waals surface area contributed by atoms with Crippen LogP contribution in [0.4, 0.5) is 0 Å². The van der Waals surface area contributed by atoms with Gasteiger partial charge in [0.05, 0.1) is 0 Å². The monoisotopic (exact) mass is 199 g/mol. The molecule has 1 aliphatic heterocycles. The Bertz CT molecular complexity index is 270. The minimum Gasteiger partial charge on any atom is -0.451 e. The molecule has 1 aliphatic carbocycles. The molecule has 0 aromatic rings. The number of carbonyl (C=O) groups is 1. The lowest BCUT2D eigenvalue weighted by Gasteiger charge is -2.32. The molecule has 2 fully saturated rings. The molecule has 0 bridgehead atoms. The quantitative estimate of drug-likeness (QED) is 0.362. The first-order chi connectivity index (χ1) is 6.64. The van der Waals surface area contributed by atoms with E-state index in [0.717, 1.165) is 19.3 Å². The van der Waals surface area contributed by atoms with E-state index in [1.54, 1.807) is 0 Å². The van der Waals surface area contributed by atoms with Gasteiger partial charge < -0.3 is 4.74 Å². The Morgan fingerprint density at radius 2 is 2.00 bits per heavy atom. The second-order valence-corrected chi connectivity index (χ2v) is 4.10. The van der Waals surface area contributed by atoms with Gasteiger partial charge in [0.2, 0.25) is 0 Å². The van der Waals surface area contributed by atoms with Gasteiger partial charge in [-0.3, -0.25) is 14.9 Å². The number of nitrogens with zero attached hydrogens (tertiary/aromatic N) is 1. The van der Waals surface area contributed by atoms with Crippen molar-refractivity contribution in [1.29, 1.82) is 0 Å². The van der Waals surface area contributed by atoms with E-state index in [4.69, 9.17) is 4.74 Å². The first-order valence-corrected chi connectivity index (χ1v) is 4.99. The number of esters is 1. The number of nitro groups is 1. The third-order valence-corrected chi connectivity index (χ3v) is 3.24. The molecule has 1 spiro atoms. The van der Waals surface area contributed by atoms with Crippen LogP contribution >= 0.6 is 0 Å². The second-order valence-electron chi connectivity index (χ2n) is 4.10. The molecule has 2 aliphatic rings. The lowest BCUT2D eigenvalue weighted by atomic mass is 9.80. The molecule has 5 heteroatoms. The summed E-state index contributed by atoms with van der Waals surface area (Å²) in [4.78, 5) is 21.5. The normalized spacial score (nSPS) is 30.3. The maximum Gasteiger partial charge on any atom is 0.313 e. The molecule has 1 unspecified atom stereocenters. The fraction of sp³-hybridized carbons (Fsp3) is 0.889. The van der Waals surface area contributed by atoms with Crippen LogP contribution in [0.15, 0.2) is 0 Å². The lowest BCUT2D eigenvalue weighted by Crippen LogP contribution is -2.45. The van der Waals surface area contributed by atoms with Gasteiger partial charge in [0.1, 0.15) is 6.42 Å². The highest BCUT2D eigenvalue weighted by Gasteiger charge is 2.56. The summed E-state index contributed by atoms with van der Waals surface area (Å²) in [6, 6.07) is -0.810. The van der Waals surface area contributed by atoms with E-state index in [0.29, 0.717) is 12.8 Å². The van der Waals surface area contributed by atoms with E-state index < -0.39 is 17.6 Å². The van der Waals surface area contributed by atoms with Crippen LogP contribution in [0.2, 0.25) is 0 Å². The standard InChI is InChI=1S/C9H13NO4/c11-8-6-7(10(12)13)9(14-8)4-2-1-3-5-9/h7H,1-6H2. The van der Waals surface area contributed by atoms with Crippen LogP contribution in [-0.2, 0) is 9.53 Å². The molecule has 0 N–H and O–H groups in total. The largest absolute Gasteiger partial charge is 0.451 e. The number of hydrogen-bond donors (Lipinski definition) is 0. The number of rotatable bonds is 1. The second kappa shape index (κ2) is 3.22. The van der Waals surface area contributed by atoms with Gasteiger partial charge in [0.25, 0.3) is 6.04 Å². The molecule has 2 rings (SSSR count). The van der Waals surface area contributed by atoms with E-state index in [2.05, 4.69) is 0 Å². The van der Waals surface area contributed by atoms with Crippen molar-refractivity contribution in [2.24, 2.45) is 0 Å². The molecular formula is C9H13NO4. The van der Waals surface area contributed by atoms with Gasteiger partial charge in [-0.2, -0.15) is 0 Å². The van der Waals surface area contributed by atoms with Crippen molar-refractivity contribution in [3.8, 4) is 0 Å². The molecule has 5 nitrogen and oxygen atoms in total. The van der Waals surface area contributed by atoms with Gasteiger partial charge in [-0.1, -0.05) is 6.42 Å². The minimum absolute atomic E-state index is 0.0486. The van der Waals surface area contributed by atoms with Gasteiger partial charge in [-0.05, 0) is 25.7 Å². The van der Waals surface area contributed by atoms with Crippen molar-refractivity contribution < 1.29 is 14.5 Å². The first kappa shape index (κ1) is 9.43. The molecule has 1 heterocycles. The Morgan fingerprint density at radius 3 is 2.57 bits per heavy atom. The maximum absolute atomic E-state index is 11.1. The van der Waals surface area contributed by atoms with Crippen molar-refractivity contribution in [3.05, 3.63) is 10.1 Å². The SMILES string of the molecule is O=C1CC([N+](=O)[O-])C2(CCCCC2)O1. The van der Waals surface area contributed by atoms with E-state index >= 15 is 0 Å². The van der Waals surface area contributed by atoms with Crippen LogP contribution in [0.1, 0.15) is 38.5 Å². The predicted octanol–water partition coefficient (Wildman–Crippen LogP) is 1.28. The summed E-state index contributed by atoms with van der Waals surface area (Å²) in [7, 11) is 0. The van der Waals surface area contributed by atoms with E-state index in [1.165, 1.54) is 0 Å². The molecule has 1 atom stereocenters. The molecule has 0 aromatic carbocycles. The molecule has 1 saturated carbocycles. The zero-order valence-electron chi connectivity index (χ0n) is 7.90. The summed E-state index contributed by atoms with van der Waals surface area (Å²) in [6.45, 7) is 0. The Morgan fingerprint density at radius 1 is 1.36 bits per heavy atom. The van der Waals surface area contributed by atoms with Crippen molar-refractivity contribution in [2.45, 2.75) is 50.2 Å². The molecule has 78 valence electrons. The van der Waals surface area contributed by atoms with Gasteiger partial charge in [-0.25, -0.2) is 0 Å². The third kappa shape index (κ3) is 1.36. The summed E-state index contributed by atoms with van der Waals surface area (Å²) >= 11 is 0. The van der Waals surface area contributed by atoms with Gasteiger partial charge >= 0.3 is 5.97 Å². The zero-order chi connectivity index (χ0) is 10.2. The topological polar surface area (TPSA) is 69.4 Å². The minimum atomic E-state index is -0.810. The number of hydrogen-bond acceptors (Lipinski definition) is 4. The molecule has 0 amide bonds. The highest BCUT2D eigenvalue weighted by Crippen LogP contribution is 2.41. The van der Waals surface area contributed by atoms with Gasteiger partial charge in [-0.15, -0.1) is 0 Å². The number of carbonyl (C=O) groups excluding carboxylic acids is 1. The Balaban J connectivity index is 2.21. The third-order valence-electron chi connectivity index (χ3n) is 3.24. The zero-order valence-corrected chi connectivity index (χ0v) is 7.90. The molecule has 0 radical (unpaired) electrons. The van der Waals surface area contributed by atoms with E-state index in [1.807, 2.05) is 0 Å². The highest BCUT2D eigenvalue weighted by molar-refractivity contribution is 5.73. The van der Waals surface area contributed by atoms with Crippen molar-refractivity contribution >= 4 is 5.97 Å². The summed E-state index contributed by atoms with van der Waals surface area (Å²) in [6.07, 6.45) is 4.21. The molecular weight excluding hydrogens is 186 g/mol. The van der Waals surface area contributed by atoms with E-state index in [-0.39, 0.29) is 11.3 Å².